The molecular weight excluding hydrogens is 384 g/mol. The summed E-state index contributed by atoms with van der Waals surface area (Å²) in [6.07, 6.45) is 0. The van der Waals surface area contributed by atoms with E-state index in [0.29, 0.717) is 11.3 Å². The van der Waals surface area contributed by atoms with Crippen molar-refractivity contribution in [2.45, 2.75) is 25.1 Å². The summed E-state index contributed by atoms with van der Waals surface area (Å²) in [4.78, 5) is 12.3. The second kappa shape index (κ2) is 7.45. The van der Waals surface area contributed by atoms with Crippen molar-refractivity contribution in [2.24, 2.45) is 0 Å². The second-order valence-electron chi connectivity index (χ2n) is 6.07. The third-order valence-corrected chi connectivity index (χ3v) is 6.44. The normalized spacial score (nSPS) is 11.2. The van der Waals surface area contributed by atoms with Crippen LogP contribution in [0.3, 0.4) is 0 Å². The number of hydrogen-bond acceptors (Lipinski definition) is 6. The molecule has 0 fully saturated rings. The minimum atomic E-state index is -3.89. The number of carbonyl (C=O) groups is 1. The lowest BCUT2D eigenvalue weighted by Gasteiger charge is -2.08. The summed E-state index contributed by atoms with van der Waals surface area (Å²) >= 11 is 0.792. The summed E-state index contributed by atoms with van der Waals surface area (Å²) < 4.78 is 27.4. The number of sulfonamides is 1. The van der Waals surface area contributed by atoms with Gasteiger partial charge >= 0.3 is 0 Å². The van der Waals surface area contributed by atoms with E-state index in [1.165, 1.54) is 0 Å². The number of benzene rings is 2. The van der Waals surface area contributed by atoms with Gasteiger partial charge in [-0.05, 0) is 44.0 Å². The summed E-state index contributed by atoms with van der Waals surface area (Å²) in [5.41, 5.74) is 3.61. The molecule has 9 heteroatoms. The van der Waals surface area contributed by atoms with Crippen LogP contribution in [-0.2, 0) is 10.0 Å². The first-order valence-electron chi connectivity index (χ1n) is 8.07. The third-order valence-electron chi connectivity index (χ3n) is 3.87. The van der Waals surface area contributed by atoms with Crippen molar-refractivity contribution in [2.75, 3.05) is 10.0 Å². The number of carbonyl (C=O) groups excluding carboxylic acids is 1. The van der Waals surface area contributed by atoms with Gasteiger partial charge < -0.3 is 0 Å². The Hall–Kier alpha value is -2.78. The van der Waals surface area contributed by atoms with E-state index in [1.807, 2.05) is 45.0 Å². The van der Waals surface area contributed by atoms with Gasteiger partial charge in [-0.15, -0.1) is 10.2 Å². The Morgan fingerprint density at radius 1 is 1.00 bits per heavy atom. The van der Waals surface area contributed by atoms with E-state index < -0.39 is 10.0 Å². The molecule has 0 spiro atoms. The van der Waals surface area contributed by atoms with E-state index in [1.54, 1.807) is 18.2 Å². The molecule has 1 heterocycles. The van der Waals surface area contributed by atoms with E-state index in [9.17, 15) is 13.2 Å². The Morgan fingerprint density at radius 2 is 1.74 bits per heavy atom. The molecule has 0 saturated carbocycles. The Morgan fingerprint density at radius 3 is 2.44 bits per heavy atom. The number of hydrogen-bond donors (Lipinski definition) is 2. The Bertz CT molecular complexity index is 1110. The molecule has 2 aromatic carbocycles. The van der Waals surface area contributed by atoms with Gasteiger partial charge in [0.2, 0.25) is 5.13 Å². The van der Waals surface area contributed by atoms with E-state index in [4.69, 9.17) is 0 Å². The quantitative estimate of drug-likeness (QED) is 0.636. The summed E-state index contributed by atoms with van der Waals surface area (Å²) in [6.45, 7) is 5.57. The van der Waals surface area contributed by atoms with Crippen LogP contribution in [-0.4, -0.2) is 24.5 Å². The van der Waals surface area contributed by atoms with Crippen molar-refractivity contribution in [3.63, 3.8) is 0 Å². The van der Waals surface area contributed by atoms with Gasteiger partial charge in [0, 0.05) is 5.56 Å². The van der Waals surface area contributed by atoms with Gasteiger partial charge in [-0.2, -0.15) is 8.42 Å². The van der Waals surface area contributed by atoms with E-state index >= 15 is 0 Å². The molecule has 0 aliphatic rings. The molecular formula is C18H18N4O3S2. The minimum absolute atomic E-state index is 0.115. The molecule has 1 aromatic heterocycles. The number of aryl methyl sites for hydroxylation is 3. The second-order valence-corrected chi connectivity index (χ2v) is 8.90. The van der Waals surface area contributed by atoms with Gasteiger partial charge in [0.15, 0.2) is 0 Å². The predicted molar refractivity (Wildman–Crippen MR) is 106 cm³/mol. The molecule has 0 saturated heterocycles. The van der Waals surface area contributed by atoms with Crippen molar-refractivity contribution in [3.8, 4) is 0 Å². The van der Waals surface area contributed by atoms with E-state index in [2.05, 4.69) is 20.2 Å². The van der Waals surface area contributed by atoms with Crippen LogP contribution in [0.25, 0.3) is 0 Å². The van der Waals surface area contributed by atoms with Crippen LogP contribution in [0.2, 0.25) is 0 Å². The van der Waals surface area contributed by atoms with Gasteiger partial charge in [0.05, 0.1) is 5.69 Å². The lowest BCUT2D eigenvalue weighted by atomic mass is 10.1. The number of amides is 1. The topological polar surface area (TPSA) is 101 Å². The van der Waals surface area contributed by atoms with E-state index in [0.717, 1.165) is 28.0 Å². The van der Waals surface area contributed by atoms with Crippen LogP contribution in [0, 0.1) is 20.8 Å². The number of nitrogens with one attached hydrogen (secondary N) is 2. The lowest BCUT2D eigenvalue weighted by molar-refractivity contribution is 0.102. The van der Waals surface area contributed by atoms with Crippen molar-refractivity contribution in [3.05, 3.63) is 64.7 Å². The zero-order valence-corrected chi connectivity index (χ0v) is 16.6. The fourth-order valence-electron chi connectivity index (χ4n) is 2.48. The van der Waals surface area contributed by atoms with Crippen LogP contribution < -0.4 is 10.0 Å². The first-order valence-corrected chi connectivity index (χ1v) is 10.4. The molecule has 1 amide bonds. The lowest BCUT2D eigenvalue weighted by Crippen LogP contribution is -2.13. The number of rotatable bonds is 5. The number of aromatic nitrogens is 2. The molecule has 0 unspecified atom stereocenters. The molecule has 140 valence electrons. The first kappa shape index (κ1) is 19.0. The van der Waals surface area contributed by atoms with Crippen molar-refractivity contribution in [1.29, 1.82) is 0 Å². The van der Waals surface area contributed by atoms with Crippen molar-refractivity contribution < 1.29 is 13.2 Å². The molecule has 0 aliphatic heterocycles. The average Bonchev–Trinajstić information content (AvgIpc) is 3.07. The average molecular weight is 403 g/mol. The minimum Gasteiger partial charge on any atom is -0.296 e. The number of anilines is 2. The van der Waals surface area contributed by atoms with E-state index in [-0.39, 0.29) is 15.4 Å². The van der Waals surface area contributed by atoms with Crippen LogP contribution in [0.4, 0.5) is 10.8 Å². The van der Waals surface area contributed by atoms with Gasteiger partial charge in [-0.1, -0.05) is 47.2 Å². The Kier molecular flexibility index (Phi) is 5.24. The molecule has 27 heavy (non-hydrogen) atoms. The zero-order chi connectivity index (χ0) is 19.6. The molecule has 0 atom stereocenters. The van der Waals surface area contributed by atoms with Crippen LogP contribution in [0.15, 0.2) is 46.8 Å². The maximum Gasteiger partial charge on any atom is 0.291 e. The van der Waals surface area contributed by atoms with Crippen LogP contribution in [0.5, 0.6) is 0 Å². The van der Waals surface area contributed by atoms with Crippen LogP contribution >= 0.6 is 11.3 Å². The molecule has 0 bridgehead atoms. The van der Waals surface area contributed by atoms with Gasteiger partial charge in [0.1, 0.15) is 0 Å². The first-order chi connectivity index (χ1) is 12.8. The van der Waals surface area contributed by atoms with Gasteiger partial charge in [-0.25, -0.2) is 0 Å². The Labute approximate surface area is 161 Å². The summed E-state index contributed by atoms with van der Waals surface area (Å²) in [7, 11) is -3.89. The maximum atomic E-state index is 12.5. The summed E-state index contributed by atoms with van der Waals surface area (Å²) in [6, 6.07) is 12.5. The SMILES string of the molecule is Cc1ccc(NS(=O)(=O)c2nnc(NC(=O)c3ccccc3C)s2)c(C)c1. The smallest absolute Gasteiger partial charge is 0.291 e. The molecule has 2 N–H and O–H groups in total. The van der Waals surface area contributed by atoms with Crippen molar-refractivity contribution >= 4 is 38.1 Å². The monoisotopic (exact) mass is 402 g/mol. The Balaban J connectivity index is 1.78. The molecule has 7 nitrogen and oxygen atoms in total. The highest BCUT2D eigenvalue weighted by Gasteiger charge is 2.22. The maximum absolute atomic E-state index is 12.5. The molecule has 3 aromatic rings. The molecule has 0 radical (unpaired) electrons. The number of nitrogens with zero attached hydrogens (tertiary/aromatic N) is 2. The molecule has 0 aliphatic carbocycles. The molecule has 3 rings (SSSR count). The predicted octanol–water partition coefficient (Wildman–Crippen LogP) is 3.52. The highest BCUT2D eigenvalue weighted by molar-refractivity contribution is 7.94. The zero-order valence-electron chi connectivity index (χ0n) is 15.0. The van der Waals surface area contributed by atoms with Gasteiger partial charge in [-0.3, -0.25) is 14.8 Å². The fraction of sp³-hybridized carbons (Fsp3) is 0.167. The third kappa shape index (κ3) is 4.32. The largest absolute Gasteiger partial charge is 0.296 e. The van der Waals surface area contributed by atoms with Crippen LogP contribution in [0.1, 0.15) is 27.0 Å². The highest BCUT2D eigenvalue weighted by atomic mass is 32.2. The fourth-order valence-corrected chi connectivity index (χ4v) is 4.50. The highest BCUT2D eigenvalue weighted by Crippen LogP contribution is 2.25. The summed E-state index contributed by atoms with van der Waals surface area (Å²) in [5.74, 6) is -0.365. The standard InChI is InChI=1S/C18H18N4O3S2/c1-11-8-9-15(13(3)10-11)22-27(24,25)18-21-20-17(26-18)19-16(23)14-7-5-4-6-12(14)2/h4-10,22H,1-3H3,(H,19,20,23). The summed E-state index contributed by atoms with van der Waals surface area (Å²) in [5, 5.41) is 10.2. The van der Waals surface area contributed by atoms with Gasteiger partial charge in [0.25, 0.3) is 20.3 Å². The van der Waals surface area contributed by atoms with Crippen molar-refractivity contribution in [1.82, 2.24) is 10.2 Å².